The van der Waals surface area contributed by atoms with Gasteiger partial charge in [-0.15, -0.1) is 0 Å². The van der Waals surface area contributed by atoms with Crippen molar-refractivity contribution in [2.75, 3.05) is 27.2 Å². The van der Waals surface area contributed by atoms with Crippen molar-refractivity contribution < 1.29 is 9.59 Å². The molecule has 0 aromatic rings. The lowest BCUT2D eigenvalue weighted by Crippen LogP contribution is -2.54. The van der Waals surface area contributed by atoms with Gasteiger partial charge in [-0.1, -0.05) is 32.6 Å². The van der Waals surface area contributed by atoms with E-state index in [2.05, 4.69) is 19.2 Å². The van der Waals surface area contributed by atoms with Crippen LogP contribution in [0.5, 0.6) is 0 Å². The molecule has 2 fully saturated rings. The number of hydrogen-bond donors (Lipinski definition) is 1. The molecule has 3 unspecified atom stereocenters. The van der Waals surface area contributed by atoms with Crippen molar-refractivity contribution in [3.05, 3.63) is 0 Å². The smallest absolute Gasteiger partial charge is 0.245 e. The molecule has 5 heteroatoms. The van der Waals surface area contributed by atoms with E-state index in [-0.39, 0.29) is 17.9 Å². The summed E-state index contributed by atoms with van der Waals surface area (Å²) >= 11 is 0. The van der Waals surface area contributed by atoms with Crippen molar-refractivity contribution in [2.24, 2.45) is 11.8 Å². The minimum atomic E-state index is -0.337. The molecule has 0 radical (unpaired) electrons. The van der Waals surface area contributed by atoms with Gasteiger partial charge in [0.15, 0.2) is 0 Å². The first kappa shape index (κ1) is 19.2. The molecule has 0 aromatic carbocycles. The Labute approximate surface area is 147 Å². The molecule has 1 aliphatic carbocycles. The summed E-state index contributed by atoms with van der Waals surface area (Å²) in [4.78, 5) is 29.4. The number of amides is 2. The van der Waals surface area contributed by atoms with Gasteiger partial charge in [0.05, 0.1) is 6.54 Å². The lowest BCUT2D eigenvalue weighted by atomic mass is 9.83. The number of likely N-dealkylation sites (N-methyl/N-ethyl adjacent to an activating group) is 1. The van der Waals surface area contributed by atoms with Crippen LogP contribution in [0.25, 0.3) is 0 Å². The second-order valence-corrected chi connectivity index (χ2v) is 8.03. The number of nitrogens with one attached hydrogen (secondary N) is 1. The predicted octanol–water partition coefficient (Wildman–Crippen LogP) is 2.26. The summed E-state index contributed by atoms with van der Waals surface area (Å²) < 4.78 is 0. The van der Waals surface area contributed by atoms with Crippen LogP contribution >= 0.6 is 0 Å². The quantitative estimate of drug-likeness (QED) is 0.809. The molecule has 1 aliphatic heterocycles. The van der Waals surface area contributed by atoms with Gasteiger partial charge in [-0.3, -0.25) is 9.59 Å². The Morgan fingerprint density at radius 2 is 1.88 bits per heavy atom. The minimum absolute atomic E-state index is 0.0391. The van der Waals surface area contributed by atoms with E-state index in [1.165, 1.54) is 19.3 Å². The number of carbonyl (C=O) groups is 2. The normalized spacial score (nSPS) is 26.6. The molecule has 1 saturated carbocycles. The van der Waals surface area contributed by atoms with Crippen molar-refractivity contribution in [3.8, 4) is 0 Å². The van der Waals surface area contributed by atoms with E-state index in [0.29, 0.717) is 24.4 Å². The van der Waals surface area contributed by atoms with Gasteiger partial charge in [0, 0.05) is 12.6 Å². The lowest BCUT2D eigenvalue weighted by molar-refractivity contribution is -0.139. The van der Waals surface area contributed by atoms with Gasteiger partial charge in [-0.05, 0) is 52.1 Å². The third kappa shape index (κ3) is 4.95. The first-order valence-corrected chi connectivity index (χ1v) is 9.67. The summed E-state index contributed by atoms with van der Waals surface area (Å²) in [6, 6.07) is -0.0462. The summed E-state index contributed by atoms with van der Waals surface area (Å²) in [6.07, 6.45) is 7.91. The lowest BCUT2D eigenvalue weighted by Gasteiger charge is -2.34. The number of nitrogens with zero attached hydrogens (tertiary/aromatic N) is 2. The van der Waals surface area contributed by atoms with E-state index in [1.54, 1.807) is 0 Å². The molecule has 24 heavy (non-hydrogen) atoms. The molecule has 5 nitrogen and oxygen atoms in total. The van der Waals surface area contributed by atoms with E-state index in [1.807, 2.05) is 23.9 Å². The molecule has 2 amide bonds. The number of likely N-dealkylation sites (tertiary alicyclic amines) is 1. The standard InChI is InChI=1S/C19H35N3O2/c1-5-15-11-14(2)22(12-15)19(24)18(16-9-7-6-8-10-16)20-17(23)13-21(3)4/h14-16,18H,5-13H2,1-4H3,(H,20,23). The van der Waals surface area contributed by atoms with Gasteiger partial charge in [0.2, 0.25) is 11.8 Å². The monoisotopic (exact) mass is 337 g/mol. The molecule has 1 heterocycles. The van der Waals surface area contributed by atoms with Crippen LogP contribution < -0.4 is 5.32 Å². The Morgan fingerprint density at radius 1 is 1.21 bits per heavy atom. The summed E-state index contributed by atoms with van der Waals surface area (Å²) in [6.45, 7) is 5.53. The van der Waals surface area contributed by atoms with Crippen molar-refractivity contribution in [3.63, 3.8) is 0 Å². The molecule has 2 rings (SSSR count). The highest BCUT2D eigenvalue weighted by molar-refractivity contribution is 5.89. The van der Waals surface area contributed by atoms with Crippen LogP contribution in [0.1, 0.15) is 58.8 Å². The van der Waals surface area contributed by atoms with E-state index in [4.69, 9.17) is 0 Å². The fourth-order valence-corrected chi connectivity index (χ4v) is 4.28. The summed E-state index contributed by atoms with van der Waals surface area (Å²) in [5.41, 5.74) is 0. The molecular weight excluding hydrogens is 302 g/mol. The molecule has 0 aromatic heterocycles. The Bertz CT molecular complexity index is 432. The number of hydrogen-bond acceptors (Lipinski definition) is 3. The highest BCUT2D eigenvalue weighted by atomic mass is 16.2. The average Bonchev–Trinajstić information content (AvgIpc) is 2.93. The summed E-state index contributed by atoms with van der Waals surface area (Å²) in [5.74, 6) is 1.01. The zero-order valence-electron chi connectivity index (χ0n) is 15.9. The predicted molar refractivity (Wildman–Crippen MR) is 96.6 cm³/mol. The van der Waals surface area contributed by atoms with Gasteiger partial charge in [0.1, 0.15) is 6.04 Å². The average molecular weight is 338 g/mol. The van der Waals surface area contributed by atoms with E-state index < -0.39 is 0 Å². The maximum atomic E-state index is 13.2. The Morgan fingerprint density at radius 3 is 2.42 bits per heavy atom. The highest BCUT2D eigenvalue weighted by Gasteiger charge is 2.39. The van der Waals surface area contributed by atoms with Crippen LogP contribution in [0.3, 0.4) is 0 Å². The van der Waals surface area contributed by atoms with E-state index >= 15 is 0 Å². The largest absolute Gasteiger partial charge is 0.343 e. The highest BCUT2D eigenvalue weighted by Crippen LogP contribution is 2.31. The van der Waals surface area contributed by atoms with Crippen LogP contribution in [0.2, 0.25) is 0 Å². The van der Waals surface area contributed by atoms with E-state index in [9.17, 15) is 9.59 Å². The van der Waals surface area contributed by atoms with Gasteiger partial charge >= 0.3 is 0 Å². The topological polar surface area (TPSA) is 52.7 Å². The molecule has 2 aliphatic rings. The number of rotatable bonds is 6. The fourth-order valence-electron chi connectivity index (χ4n) is 4.28. The molecule has 0 bridgehead atoms. The van der Waals surface area contributed by atoms with Crippen LogP contribution in [0.15, 0.2) is 0 Å². The third-order valence-electron chi connectivity index (χ3n) is 5.69. The zero-order chi connectivity index (χ0) is 17.7. The molecular formula is C19H35N3O2. The number of carbonyl (C=O) groups excluding carboxylic acids is 2. The third-order valence-corrected chi connectivity index (χ3v) is 5.69. The van der Waals surface area contributed by atoms with Crippen molar-refractivity contribution >= 4 is 11.8 Å². The first-order chi connectivity index (χ1) is 11.4. The molecule has 1 N–H and O–H groups in total. The maximum absolute atomic E-state index is 13.2. The fraction of sp³-hybridized carbons (Fsp3) is 0.895. The molecule has 3 atom stereocenters. The molecule has 0 spiro atoms. The zero-order valence-corrected chi connectivity index (χ0v) is 15.9. The first-order valence-electron chi connectivity index (χ1n) is 9.67. The van der Waals surface area contributed by atoms with Gasteiger partial charge in [-0.2, -0.15) is 0 Å². The SMILES string of the molecule is CCC1CC(C)N(C(=O)C(NC(=O)CN(C)C)C2CCCCC2)C1. The molecule has 138 valence electrons. The minimum Gasteiger partial charge on any atom is -0.343 e. The van der Waals surface area contributed by atoms with Crippen LogP contribution in [-0.4, -0.2) is 60.9 Å². The Kier molecular flexibility index (Phi) is 7.08. The van der Waals surface area contributed by atoms with Crippen molar-refractivity contribution in [1.29, 1.82) is 0 Å². The second kappa shape index (κ2) is 8.84. The Balaban J connectivity index is 2.08. The van der Waals surface area contributed by atoms with Crippen LogP contribution in [-0.2, 0) is 9.59 Å². The van der Waals surface area contributed by atoms with Crippen LogP contribution in [0.4, 0.5) is 0 Å². The Hall–Kier alpha value is -1.10. The molecule has 1 saturated heterocycles. The van der Waals surface area contributed by atoms with Crippen molar-refractivity contribution in [2.45, 2.75) is 70.9 Å². The van der Waals surface area contributed by atoms with E-state index in [0.717, 1.165) is 32.2 Å². The summed E-state index contributed by atoms with van der Waals surface area (Å²) in [7, 11) is 3.76. The second-order valence-electron chi connectivity index (χ2n) is 8.03. The van der Waals surface area contributed by atoms with Gasteiger partial charge in [-0.25, -0.2) is 0 Å². The maximum Gasteiger partial charge on any atom is 0.245 e. The van der Waals surface area contributed by atoms with Gasteiger partial charge < -0.3 is 15.1 Å². The van der Waals surface area contributed by atoms with Crippen LogP contribution in [0, 0.1) is 11.8 Å². The van der Waals surface area contributed by atoms with Crippen molar-refractivity contribution in [1.82, 2.24) is 15.1 Å². The van der Waals surface area contributed by atoms with Gasteiger partial charge in [0.25, 0.3) is 0 Å². The summed E-state index contributed by atoms with van der Waals surface area (Å²) in [5, 5.41) is 3.08.